The van der Waals surface area contributed by atoms with Crippen LogP contribution in [0.15, 0.2) is 12.3 Å². The highest BCUT2D eigenvalue weighted by atomic mass is 16.5. The molecule has 0 bridgehead atoms. The molecule has 1 aliphatic rings. The normalized spacial score (nSPS) is 17.4. The van der Waals surface area contributed by atoms with Crippen molar-refractivity contribution in [3.8, 4) is 0 Å². The number of nitrogens with two attached hydrogens (primary N) is 1. The molecular formula is C13H21N3O. The Balaban J connectivity index is 1.98. The number of nitrogen functional groups attached to an aromatic ring is 1. The minimum absolute atomic E-state index is 0.416. The molecule has 94 valence electrons. The summed E-state index contributed by atoms with van der Waals surface area (Å²) in [6.45, 7) is 6.84. The Hall–Kier alpha value is -1.29. The van der Waals surface area contributed by atoms with Crippen molar-refractivity contribution in [2.45, 2.75) is 32.8 Å². The van der Waals surface area contributed by atoms with Gasteiger partial charge >= 0.3 is 0 Å². The lowest BCUT2D eigenvalue weighted by molar-refractivity contribution is 0.0458. The summed E-state index contributed by atoms with van der Waals surface area (Å²) in [5, 5.41) is 0. The summed E-state index contributed by atoms with van der Waals surface area (Å²) < 4.78 is 5.64. The number of rotatable bonds is 3. The van der Waals surface area contributed by atoms with Gasteiger partial charge in [0, 0.05) is 37.6 Å². The number of hydrogen-bond acceptors (Lipinski definition) is 4. The first-order valence-corrected chi connectivity index (χ1v) is 6.29. The summed E-state index contributed by atoms with van der Waals surface area (Å²) in [6.07, 6.45) is 4.41. The number of pyridine rings is 1. The Morgan fingerprint density at radius 1 is 1.47 bits per heavy atom. The van der Waals surface area contributed by atoms with Crippen molar-refractivity contribution in [1.82, 2.24) is 4.98 Å². The molecule has 1 fully saturated rings. The van der Waals surface area contributed by atoms with E-state index in [-0.39, 0.29) is 0 Å². The number of anilines is 2. The highest BCUT2D eigenvalue weighted by molar-refractivity contribution is 5.54. The third-order valence-corrected chi connectivity index (χ3v) is 3.30. The minimum Gasteiger partial charge on any atom is -0.398 e. The van der Waals surface area contributed by atoms with Gasteiger partial charge in [0.15, 0.2) is 0 Å². The molecule has 0 aliphatic carbocycles. The summed E-state index contributed by atoms with van der Waals surface area (Å²) in [5.41, 5.74) is 7.77. The molecular weight excluding hydrogens is 214 g/mol. The second-order valence-corrected chi connectivity index (χ2v) is 4.54. The Morgan fingerprint density at radius 2 is 2.18 bits per heavy atom. The van der Waals surface area contributed by atoms with Gasteiger partial charge < -0.3 is 15.4 Å². The zero-order chi connectivity index (χ0) is 12.3. The maximum absolute atomic E-state index is 5.91. The van der Waals surface area contributed by atoms with Gasteiger partial charge in [0.25, 0.3) is 0 Å². The van der Waals surface area contributed by atoms with Crippen molar-refractivity contribution in [2.24, 2.45) is 0 Å². The Morgan fingerprint density at radius 3 is 2.76 bits per heavy atom. The molecule has 0 spiro atoms. The molecule has 0 aromatic carbocycles. The monoisotopic (exact) mass is 235 g/mol. The average molecular weight is 235 g/mol. The lowest BCUT2D eigenvalue weighted by atomic mass is 10.1. The molecule has 2 N–H and O–H groups in total. The highest BCUT2D eigenvalue weighted by Gasteiger charge is 2.20. The van der Waals surface area contributed by atoms with Crippen LogP contribution in [0.5, 0.6) is 0 Å². The Labute approximate surface area is 103 Å². The molecule has 1 aromatic rings. The van der Waals surface area contributed by atoms with Gasteiger partial charge in [0.05, 0.1) is 6.10 Å². The van der Waals surface area contributed by atoms with Crippen LogP contribution in [-0.2, 0) is 4.74 Å². The van der Waals surface area contributed by atoms with Gasteiger partial charge in [-0.15, -0.1) is 0 Å². The quantitative estimate of drug-likeness (QED) is 0.870. The second-order valence-electron chi connectivity index (χ2n) is 4.54. The first-order chi connectivity index (χ1) is 8.20. The van der Waals surface area contributed by atoms with Crippen LogP contribution in [0, 0.1) is 6.92 Å². The molecule has 0 saturated carbocycles. The zero-order valence-corrected chi connectivity index (χ0v) is 10.6. The van der Waals surface area contributed by atoms with Gasteiger partial charge in [-0.2, -0.15) is 0 Å². The first-order valence-electron chi connectivity index (χ1n) is 6.29. The van der Waals surface area contributed by atoms with E-state index in [4.69, 9.17) is 10.5 Å². The molecule has 4 nitrogen and oxygen atoms in total. The predicted molar refractivity (Wildman–Crippen MR) is 70.2 cm³/mol. The molecule has 1 saturated heterocycles. The van der Waals surface area contributed by atoms with Crippen LogP contribution in [-0.4, -0.2) is 30.8 Å². The maximum atomic E-state index is 5.91. The summed E-state index contributed by atoms with van der Waals surface area (Å²) in [4.78, 5) is 6.72. The fourth-order valence-corrected chi connectivity index (χ4v) is 2.19. The molecule has 1 aliphatic heterocycles. The van der Waals surface area contributed by atoms with E-state index in [1.165, 1.54) is 0 Å². The van der Waals surface area contributed by atoms with Crippen molar-refractivity contribution in [2.75, 3.05) is 30.3 Å². The van der Waals surface area contributed by atoms with E-state index >= 15 is 0 Å². The highest BCUT2D eigenvalue weighted by Crippen LogP contribution is 2.22. The third kappa shape index (κ3) is 2.88. The number of piperidine rings is 1. The maximum Gasteiger partial charge on any atom is 0.130 e. The lowest BCUT2D eigenvalue weighted by Gasteiger charge is -2.32. The molecule has 0 radical (unpaired) electrons. The second kappa shape index (κ2) is 5.36. The van der Waals surface area contributed by atoms with E-state index in [2.05, 4.69) is 16.8 Å². The number of aromatic nitrogens is 1. The van der Waals surface area contributed by atoms with Gasteiger partial charge in [-0.3, -0.25) is 0 Å². The van der Waals surface area contributed by atoms with Crippen LogP contribution < -0.4 is 10.6 Å². The van der Waals surface area contributed by atoms with Gasteiger partial charge in [0.2, 0.25) is 0 Å². The van der Waals surface area contributed by atoms with E-state index in [1.54, 1.807) is 0 Å². The molecule has 2 rings (SSSR count). The van der Waals surface area contributed by atoms with Crippen molar-refractivity contribution in [1.29, 1.82) is 0 Å². The predicted octanol–water partition coefficient (Wildman–Crippen LogP) is 1.98. The van der Waals surface area contributed by atoms with Crippen LogP contribution >= 0.6 is 0 Å². The van der Waals surface area contributed by atoms with Gasteiger partial charge in [-0.25, -0.2) is 4.98 Å². The lowest BCUT2D eigenvalue weighted by Crippen LogP contribution is -2.37. The summed E-state index contributed by atoms with van der Waals surface area (Å²) in [5.74, 6) is 0.989. The zero-order valence-electron chi connectivity index (χ0n) is 10.6. The van der Waals surface area contributed by atoms with E-state index in [9.17, 15) is 0 Å². The van der Waals surface area contributed by atoms with Crippen molar-refractivity contribution < 1.29 is 4.74 Å². The summed E-state index contributed by atoms with van der Waals surface area (Å²) in [7, 11) is 0. The van der Waals surface area contributed by atoms with E-state index in [1.807, 2.05) is 19.2 Å². The van der Waals surface area contributed by atoms with Gasteiger partial charge in [0.1, 0.15) is 5.82 Å². The molecule has 4 heteroatoms. The number of ether oxygens (including phenoxy) is 1. The fraction of sp³-hybridized carbons (Fsp3) is 0.615. The van der Waals surface area contributed by atoms with Gasteiger partial charge in [-0.1, -0.05) is 0 Å². The smallest absolute Gasteiger partial charge is 0.130 e. The topological polar surface area (TPSA) is 51.4 Å². The van der Waals surface area contributed by atoms with Crippen molar-refractivity contribution >= 4 is 11.5 Å². The van der Waals surface area contributed by atoms with Gasteiger partial charge in [-0.05, 0) is 32.3 Å². The molecule has 0 atom stereocenters. The van der Waals surface area contributed by atoms with Crippen molar-refractivity contribution in [3.63, 3.8) is 0 Å². The Bertz CT molecular complexity index is 373. The number of aryl methyl sites for hydroxylation is 1. The largest absolute Gasteiger partial charge is 0.398 e. The van der Waals surface area contributed by atoms with Crippen LogP contribution in [0.2, 0.25) is 0 Å². The minimum atomic E-state index is 0.416. The molecule has 17 heavy (non-hydrogen) atoms. The Kier molecular flexibility index (Phi) is 3.84. The number of hydrogen-bond donors (Lipinski definition) is 1. The molecule has 0 amide bonds. The van der Waals surface area contributed by atoms with Crippen LogP contribution in [0.25, 0.3) is 0 Å². The van der Waals surface area contributed by atoms with Crippen LogP contribution in [0.4, 0.5) is 11.5 Å². The fourth-order valence-electron chi connectivity index (χ4n) is 2.19. The average Bonchev–Trinajstić information content (AvgIpc) is 2.34. The van der Waals surface area contributed by atoms with Crippen LogP contribution in [0.1, 0.15) is 25.3 Å². The summed E-state index contributed by atoms with van der Waals surface area (Å²) in [6, 6.07) is 1.97. The van der Waals surface area contributed by atoms with E-state index in [0.717, 1.165) is 49.6 Å². The number of nitrogens with zero attached hydrogens (tertiary/aromatic N) is 2. The summed E-state index contributed by atoms with van der Waals surface area (Å²) >= 11 is 0. The van der Waals surface area contributed by atoms with E-state index in [0.29, 0.717) is 6.10 Å². The molecule has 0 unspecified atom stereocenters. The SMILES string of the molecule is CCOC1CCN(c2cc(N)c(C)cn2)CC1. The van der Waals surface area contributed by atoms with Crippen LogP contribution in [0.3, 0.4) is 0 Å². The third-order valence-electron chi connectivity index (χ3n) is 3.30. The molecule has 1 aromatic heterocycles. The molecule has 2 heterocycles. The standard InChI is InChI=1S/C13H21N3O/c1-3-17-11-4-6-16(7-5-11)13-8-12(14)10(2)9-15-13/h8-9,11H,3-7H2,1-2H3,(H2,14,15). The first kappa shape index (κ1) is 12.2. The van der Waals surface area contributed by atoms with Crippen molar-refractivity contribution in [3.05, 3.63) is 17.8 Å². The van der Waals surface area contributed by atoms with E-state index < -0.39 is 0 Å².